The fourth-order valence-electron chi connectivity index (χ4n) is 1.77. The van der Waals surface area contributed by atoms with E-state index in [0.717, 1.165) is 11.1 Å². The van der Waals surface area contributed by atoms with E-state index >= 15 is 0 Å². The lowest BCUT2D eigenvalue weighted by Gasteiger charge is -2.04. The van der Waals surface area contributed by atoms with Gasteiger partial charge in [-0.1, -0.05) is 42.0 Å². The second kappa shape index (κ2) is 5.40. The van der Waals surface area contributed by atoms with Crippen LogP contribution in [0.25, 0.3) is 11.6 Å². The van der Waals surface area contributed by atoms with Crippen LogP contribution in [-0.2, 0) is 4.79 Å². The van der Waals surface area contributed by atoms with Crippen LogP contribution in [0.4, 0.5) is 0 Å². The molecule has 3 nitrogen and oxygen atoms in total. The highest BCUT2D eigenvalue weighted by atomic mass is 16.4. The first kappa shape index (κ1) is 12.9. The summed E-state index contributed by atoms with van der Waals surface area (Å²) in [5.41, 5.74) is 2.56. The fraction of sp³-hybridized carbons (Fsp3) is 0.0625. The Labute approximate surface area is 111 Å². The van der Waals surface area contributed by atoms with Crippen molar-refractivity contribution in [2.45, 2.75) is 6.92 Å². The summed E-state index contributed by atoms with van der Waals surface area (Å²) in [6.45, 7) is 1.97. The molecule has 0 spiro atoms. The molecule has 0 saturated carbocycles. The van der Waals surface area contributed by atoms with Gasteiger partial charge in [0.1, 0.15) is 5.75 Å². The van der Waals surface area contributed by atoms with E-state index in [1.807, 2.05) is 31.2 Å². The monoisotopic (exact) mass is 254 g/mol. The Hall–Kier alpha value is -2.55. The van der Waals surface area contributed by atoms with Crippen LogP contribution >= 0.6 is 0 Å². The third kappa shape index (κ3) is 3.22. The lowest BCUT2D eigenvalue weighted by Crippen LogP contribution is -1.99. The summed E-state index contributed by atoms with van der Waals surface area (Å²) in [4.78, 5) is 11.3. The second-order valence-electron chi connectivity index (χ2n) is 4.32. The first-order chi connectivity index (χ1) is 9.06. The standard InChI is InChI=1S/C16H14O3/c1-11-5-7-12(8-6-11)9-15(16(18)19)13-3-2-4-14(17)10-13/h2-10,17H,1H3,(H,18,19). The van der Waals surface area contributed by atoms with Crippen molar-refractivity contribution in [1.82, 2.24) is 0 Å². The molecule has 2 N–H and O–H groups in total. The van der Waals surface area contributed by atoms with E-state index in [-0.39, 0.29) is 11.3 Å². The average Bonchev–Trinajstić information content (AvgIpc) is 2.37. The normalized spacial score (nSPS) is 11.3. The molecular formula is C16H14O3. The van der Waals surface area contributed by atoms with Crippen molar-refractivity contribution in [3.05, 3.63) is 65.2 Å². The highest BCUT2D eigenvalue weighted by Gasteiger charge is 2.10. The summed E-state index contributed by atoms with van der Waals surface area (Å²) in [5.74, 6) is -0.972. The second-order valence-corrected chi connectivity index (χ2v) is 4.32. The molecule has 0 amide bonds. The van der Waals surface area contributed by atoms with Crippen LogP contribution in [0, 0.1) is 6.92 Å². The van der Waals surface area contributed by atoms with Gasteiger partial charge in [-0.15, -0.1) is 0 Å². The maximum Gasteiger partial charge on any atom is 0.336 e. The van der Waals surface area contributed by atoms with Crippen LogP contribution in [-0.4, -0.2) is 16.2 Å². The van der Waals surface area contributed by atoms with E-state index in [0.29, 0.717) is 5.56 Å². The van der Waals surface area contributed by atoms with Gasteiger partial charge in [-0.25, -0.2) is 4.79 Å². The molecular weight excluding hydrogens is 240 g/mol. The maximum atomic E-state index is 11.3. The number of rotatable bonds is 3. The van der Waals surface area contributed by atoms with Crippen molar-refractivity contribution < 1.29 is 15.0 Å². The van der Waals surface area contributed by atoms with E-state index in [4.69, 9.17) is 0 Å². The Kier molecular flexibility index (Phi) is 3.66. The number of phenols is 1. The molecule has 0 aliphatic carbocycles. The summed E-state index contributed by atoms with van der Waals surface area (Å²) >= 11 is 0. The molecule has 0 aromatic heterocycles. The van der Waals surface area contributed by atoms with Crippen LogP contribution in [0.1, 0.15) is 16.7 Å². The van der Waals surface area contributed by atoms with E-state index < -0.39 is 5.97 Å². The molecule has 2 aromatic carbocycles. The van der Waals surface area contributed by atoms with E-state index in [1.54, 1.807) is 18.2 Å². The quantitative estimate of drug-likeness (QED) is 0.652. The number of aliphatic carboxylic acids is 1. The van der Waals surface area contributed by atoms with Crippen molar-refractivity contribution in [2.75, 3.05) is 0 Å². The third-order valence-corrected chi connectivity index (χ3v) is 2.78. The largest absolute Gasteiger partial charge is 0.508 e. The van der Waals surface area contributed by atoms with Gasteiger partial charge in [0, 0.05) is 0 Å². The Bertz CT molecular complexity index is 625. The Morgan fingerprint density at radius 1 is 1.11 bits per heavy atom. The van der Waals surface area contributed by atoms with Crippen molar-refractivity contribution in [3.63, 3.8) is 0 Å². The van der Waals surface area contributed by atoms with E-state index in [9.17, 15) is 15.0 Å². The zero-order chi connectivity index (χ0) is 13.8. The number of benzene rings is 2. The SMILES string of the molecule is Cc1ccc(C=C(C(=O)O)c2cccc(O)c2)cc1. The highest BCUT2D eigenvalue weighted by molar-refractivity contribution is 6.20. The van der Waals surface area contributed by atoms with E-state index in [1.165, 1.54) is 12.1 Å². The number of hydrogen-bond acceptors (Lipinski definition) is 2. The van der Waals surface area contributed by atoms with Gasteiger partial charge in [0.2, 0.25) is 0 Å². The fourth-order valence-corrected chi connectivity index (χ4v) is 1.77. The van der Waals surface area contributed by atoms with Crippen LogP contribution in [0.3, 0.4) is 0 Å². The van der Waals surface area contributed by atoms with E-state index in [2.05, 4.69) is 0 Å². The third-order valence-electron chi connectivity index (χ3n) is 2.78. The molecule has 0 atom stereocenters. The number of carboxylic acids is 1. The van der Waals surface area contributed by atoms with Crippen LogP contribution in [0.2, 0.25) is 0 Å². The topological polar surface area (TPSA) is 57.5 Å². The molecule has 19 heavy (non-hydrogen) atoms. The van der Waals surface area contributed by atoms with Crippen LogP contribution < -0.4 is 0 Å². The molecule has 2 rings (SSSR count). The molecule has 0 bridgehead atoms. The number of aromatic hydroxyl groups is 1. The highest BCUT2D eigenvalue weighted by Crippen LogP contribution is 2.22. The number of phenolic OH excluding ortho intramolecular Hbond substituents is 1. The zero-order valence-corrected chi connectivity index (χ0v) is 10.5. The summed E-state index contributed by atoms with van der Waals surface area (Å²) in [6, 6.07) is 13.8. The first-order valence-electron chi connectivity index (χ1n) is 5.87. The Morgan fingerprint density at radius 2 is 1.79 bits per heavy atom. The first-order valence-corrected chi connectivity index (χ1v) is 5.87. The number of hydrogen-bond donors (Lipinski definition) is 2. The lowest BCUT2D eigenvalue weighted by atomic mass is 10.0. The van der Waals surface area contributed by atoms with Gasteiger partial charge >= 0.3 is 5.97 Å². The number of carboxylic acid groups (broad SMARTS) is 1. The van der Waals surface area contributed by atoms with Crippen molar-refractivity contribution in [3.8, 4) is 5.75 Å². The molecule has 0 aliphatic heterocycles. The minimum Gasteiger partial charge on any atom is -0.508 e. The van der Waals surface area contributed by atoms with Gasteiger partial charge in [0.05, 0.1) is 5.57 Å². The van der Waals surface area contributed by atoms with Gasteiger partial charge in [-0.05, 0) is 36.3 Å². The van der Waals surface area contributed by atoms with Crippen molar-refractivity contribution in [1.29, 1.82) is 0 Å². The number of carbonyl (C=O) groups is 1. The number of aryl methyl sites for hydroxylation is 1. The predicted octanol–water partition coefficient (Wildman–Crippen LogP) is 3.33. The minimum atomic E-state index is -1.02. The summed E-state index contributed by atoms with van der Waals surface area (Å²) in [5, 5.41) is 18.7. The molecule has 0 saturated heterocycles. The minimum absolute atomic E-state index is 0.0496. The van der Waals surface area contributed by atoms with Crippen LogP contribution in [0.5, 0.6) is 5.75 Å². The molecule has 0 aliphatic rings. The Morgan fingerprint density at radius 3 is 2.37 bits per heavy atom. The van der Waals surface area contributed by atoms with Crippen LogP contribution in [0.15, 0.2) is 48.5 Å². The molecule has 0 radical (unpaired) electrons. The molecule has 96 valence electrons. The van der Waals surface area contributed by atoms with Gasteiger partial charge in [-0.3, -0.25) is 0 Å². The summed E-state index contributed by atoms with van der Waals surface area (Å²) in [7, 11) is 0. The maximum absolute atomic E-state index is 11.3. The smallest absolute Gasteiger partial charge is 0.336 e. The zero-order valence-electron chi connectivity index (χ0n) is 10.5. The molecule has 0 heterocycles. The van der Waals surface area contributed by atoms with Crippen molar-refractivity contribution >= 4 is 17.6 Å². The van der Waals surface area contributed by atoms with Gasteiger partial charge in [-0.2, -0.15) is 0 Å². The van der Waals surface area contributed by atoms with Gasteiger partial charge < -0.3 is 10.2 Å². The average molecular weight is 254 g/mol. The molecule has 0 unspecified atom stereocenters. The predicted molar refractivity (Wildman–Crippen MR) is 74.8 cm³/mol. The van der Waals surface area contributed by atoms with Gasteiger partial charge in [0.15, 0.2) is 0 Å². The molecule has 2 aromatic rings. The summed E-state index contributed by atoms with van der Waals surface area (Å²) in [6.07, 6.45) is 1.59. The Balaban J connectivity index is 2.46. The lowest BCUT2D eigenvalue weighted by molar-refractivity contribution is -0.130. The molecule has 3 heteroatoms. The van der Waals surface area contributed by atoms with Gasteiger partial charge in [0.25, 0.3) is 0 Å². The van der Waals surface area contributed by atoms with Crippen molar-refractivity contribution in [2.24, 2.45) is 0 Å². The molecule has 0 fully saturated rings. The summed E-state index contributed by atoms with van der Waals surface area (Å²) < 4.78 is 0.